The van der Waals surface area contributed by atoms with Gasteiger partial charge in [-0.1, -0.05) is 52.9 Å². The molecule has 0 amide bonds. The molecule has 1 aliphatic heterocycles. The number of ether oxygens (including phenoxy) is 2. The van der Waals surface area contributed by atoms with Gasteiger partial charge in [0.1, 0.15) is 6.10 Å². The molecule has 0 aromatic rings. The van der Waals surface area contributed by atoms with Crippen molar-refractivity contribution < 1.29 is 19.7 Å². The average molecular weight is 302 g/mol. The molecule has 1 heterocycles. The van der Waals surface area contributed by atoms with Crippen LogP contribution >= 0.6 is 0 Å². The van der Waals surface area contributed by atoms with Crippen LogP contribution in [-0.2, 0) is 9.47 Å². The van der Waals surface area contributed by atoms with E-state index in [1.807, 2.05) is 20.8 Å². The molecule has 0 spiro atoms. The van der Waals surface area contributed by atoms with E-state index in [1.165, 1.54) is 25.7 Å². The van der Waals surface area contributed by atoms with E-state index in [2.05, 4.69) is 6.92 Å². The van der Waals surface area contributed by atoms with Crippen LogP contribution in [0.3, 0.4) is 0 Å². The zero-order valence-electron chi connectivity index (χ0n) is 14.1. The lowest BCUT2D eigenvalue weighted by Gasteiger charge is -2.42. The first-order valence-electron chi connectivity index (χ1n) is 8.61. The lowest BCUT2D eigenvalue weighted by Crippen LogP contribution is -2.52. The van der Waals surface area contributed by atoms with Crippen LogP contribution in [0, 0.1) is 11.8 Å². The van der Waals surface area contributed by atoms with Gasteiger partial charge in [-0.2, -0.15) is 0 Å². The van der Waals surface area contributed by atoms with Crippen molar-refractivity contribution in [2.75, 3.05) is 6.61 Å². The zero-order valence-corrected chi connectivity index (χ0v) is 14.1. The highest BCUT2D eigenvalue weighted by molar-refractivity contribution is 4.84. The van der Waals surface area contributed by atoms with Gasteiger partial charge < -0.3 is 19.7 Å². The number of aliphatic hydroxyl groups is 2. The van der Waals surface area contributed by atoms with E-state index in [-0.39, 0.29) is 30.7 Å². The Morgan fingerprint density at radius 2 is 1.76 bits per heavy atom. The molecule has 21 heavy (non-hydrogen) atoms. The summed E-state index contributed by atoms with van der Waals surface area (Å²) in [5.41, 5.74) is 0. The highest BCUT2D eigenvalue weighted by atomic mass is 16.7. The molecular formula is C17H34O4. The summed E-state index contributed by atoms with van der Waals surface area (Å²) in [6.07, 6.45) is 5.82. The molecule has 4 nitrogen and oxygen atoms in total. The summed E-state index contributed by atoms with van der Waals surface area (Å²) in [5.74, 6) is 0.201. The molecule has 0 saturated carbocycles. The standard InChI is InChI=1S/C17H34O4/c1-5-6-7-8-9-10-12(2)20-17-16(19)14(4)13(3)15(11-18)21-17/h12-19H,5-11H2,1-4H3. The third kappa shape index (κ3) is 5.85. The minimum atomic E-state index is -0.620. The van der Waals surface area contributed by atoms with Gasteiger partial charge in [-0.15, -0.1) is 0 Å². The largest absolute Gasteiger partial charge is 0.394 e. The van der Waals surface area contributed by atoms with Crippen molar-refractivity contribution in [2.24, 2.45) is 11.8 Å². The maximum atomic E-state index is 10.3. The van der Waals surface area contributed by atoms with Gasteiger partial charge in [0.25, 0.3) is 0 Å². The van der Waals surface area contributed by atoms with Crippen LogP contribution in [0.5, 0.6) is 0 Å². The van der Waals surface area contributed by atoms with E-state index in [9.17, 15) is 10.2 Å². The Kier molecular flexibility index (Phi) is 8.79. The fourth-order valence-electron chi connectivity index (χ4n) is 2.93. The molecule has 0 bridgehead atoms. The molecular weight excluding hydrogens is 268 g/mol. The Bertz CT molecular complexity index is 270. The predicted molar refractivity (Wildman–Crippen MR) is 84.0 cm³/mol. The molecule has 1 rings (SSSR count). The number of rotatable bonds is 9. The number of hydrogen-bond acceptors (Lipinski definition) is 4. The third-order valence-corrected chi connectivity index (χ3v) is 4.80. The van der Waals surface area contributed by atoms with E-state index in [0.29, 0.717) is 0 Å². The van der Waals surface area contributed by atoms with Crippen LogP contribution in [0.25, 0.3) is 0 Å². The molecule has 4 heteroatoms. The fraction of sp³-hybridized carbons (Fsp3) is 1.00. The van der Waals surface area contributed by atoms with Gasteiger partial charge in [0.15, 0.2) is 6.29 Å². The smallest absolute Gasteiger partial charge is 0.184 e. The van der Waals surface area contributed by atoms with Crippen molar-refractivity contribution in [2.45, 2.75) is 90.8 Å². The maximum absolute atomic E-state index is 10.3. The lowest BCUT2D eigenvalue weighted by atomic mass is 9.84. The zero-order chi connectivity index (χ0) is 15.8. The van der Waals surface area contributed by atoms with Gasteiger partial charge >= 0.3 is 0 Å². The van der Waals surface area contributed by atoms with Gasteiger partial charge in [0, 0.05) is 0 Å². The second-order valence-corrected chi connectivity index (χ2v) is 6.58. The topological polar surface area (TPSA) is 58.9 Å². The maximum Gasteiger partial charge on any atom is 0.184 e. The molecule has 6 unspecified atom stereocenters. The first kappa shape index (κ1) is 18.9. The summed E-state index contributed by atoms with van der Waals surface area (Å²) in [4.78, 5) is 0. The summed E-state index contributed by atoms with van der Waals surface area (Å²) < 4.78 is 11.6. The number of hydrogen-bond donors (Lipinski definition) is 2. The van der Waals surface area contributed by atoms with Gasteiger partial charge in [-0.05, 0) is 25.2 Å². The molecule has 0 aliphatic carbocycles. The van der Waals surface area contributed by atoms with Gasteiger partial charge in [-0.3, -0.25) is 0 Å². The minimum Gasteiger partial charge on any atom is -0.394 e. The summed E-state index contributed by atoms with van der Waals surface area (Å²) in [5, 5.41) is 19.7. The molecule has 0 radical (unpaired) electrons. The van der Waals surface area contributed by atoms with Crippen LogP contribution < -0.4 is 0 Å². The quantitative estimate of drug-likeness (QED) is 0.643. The molecule has 0 aromatic heterocycles. The van der Waals surface area contributed by atoms with E-state index >= 15 is 0 Å². The van der Waals surface area contributed by atoms with Crippen LogP contribution in [0.1, 0.15) is 66.2 Å². The van der Waals surface area contributed by atoms with E-state index in [1.54, 1.807) is 0 Å². The van der Waals surface area contributed by atoms with Gasteiger partial charge in [0.2, 0.25) is 0 Å². The number of aliphatic hydroxyl groups excluding tert-OH is 2. The third-order valence-electron chi connectivity index (χ3n) is 4.80. The Labute approximate surface area is 129 Å². The summed E-state index contributed by atoms with van der Waals surface area (Å²) in [7, 11) is 0. The van der Waals surface area contributed by atoms with Crippen molar-refractivity contribution in [1.29, 1.82) is 0 Å². The van der Waals surface area contributed by atoms with Crippen LogP contribution in [-0.4, -0.2) is 41.4 Å². The van der Waals surface area contributed by atoms with E-state index < -0.39 is 12.4 Å². The first-order valence-corrected chi connectivity index (χ1v) is 8.61. The average Bonchev–Trinajstić information content (AvgIpc) is 2.47. The molecule has 1 saturated heterocycles. The molecule has 126 valence electrons. The summed E-state index contributed by atoms with van der Waals surface area (Å²) in [6, 6.07) is 0. The van der Waals surface area contributed by atoms with Gasteiger partial charge in [-0.25, -0.2) is 0 Å². The molecule has 0 aromatic carbocycles. The second-order valence-electron chi connectivity index (χ2n) is 6.58. The van der Waals surface area contributed by atoms with E-state index in [0.717, 1.165) is 12.8 Å². The van der Waals surface area contributed by atoms with Crippen molar-refractivity contribution in [3.05, 3.63) is 0 Å². The first-order chi connectivity index (χ1) is 10.0. The fourth-order valence-corrected chi connectivity index (χ4v) is 2.93. The van der Waals surface area contributed by atoms with Crippen molar-refractivity contribution in [3.8, 4) is 0 Å². The van der Waals surface area contributed by atoms with Crippen molar-refractivity contribution in [1.82, 2.24) is 0 Å². The molecule has 1 fully saturated rings. The van der Waals surface area contributed by atoms with Crippen molar-refractivity contribution in [3.63, 3.8) is 0 Å². The van der Waals surface area contributed by atoms with Crippen LogP contribution in [0.15, 0.2) is 0 Å². The van der Waals surface area contributed by atoms with Crippen molar-refractivity contribution >= 4 is 0 Å². The van der Waals surface area contributed by atoms with Gasteiger partial charge in [0.05, 0.1) is 18.8 Å². The summed E-state index contributed by atoms with van der Waals surface area (Å²) in [6.45, 7) is 8.22. The summed E-state index contributed by atoms with van der Waals surface area (Å²) >= 11 is 0. The lowest BCUT2D eigenvalue weighted by molar-refractivity contribution is -0.286. The van der Waals surface area contributed by atoms with E-state index in [4.69, 9.17) is 9.47 Å². The Hall–Kier alpha value is -0.160. The Morgan fingerprint density at radius 1 is 1.10 bits per heavy atom. The SMILES string of the molecule is CCCCCCCC(C)OC1OC(CO)C(C)C(C)C1O. The van der Waals surface area contributed by atoms with Crippen LogP contribution in [0.2, 0.25) is 0 Å². The Balaban J connectivity index is 2.34. The minimum absolute atomic E-state index is 0.0243. The highest BCUT2D eigenvalue weighted by Crippen LogP contribution is 2.31. The molecule has 2 N–H and O–H groups in total. The Morgan fingerprint density at radius 3 is 2.38 bits per heavy atom. The monoisotopic (exact) mass is 302 g/mol. The highest BCUT2D eigenvalue weighted by Gasteiger charge is 2.41. The normalized spacial score (nSPS) is 34.9. The molecule has 1 aliphatic rings. The van der Waals surface area contributed by atoms with Crippen LogP contribution in [0.4, 0.5) is 0 Å². The predicted octanol–water partition coefficient (Wildman–Crippen LogP) is 3.10. The second kappa shape index (κ2) is 9.78. The number of unbranched alkanes of at least 4 members (excludes halogenated alkanes) is 4. The molecule has 6 atom stereocenters.